The monoisotopic (exact) mass is 481 g/mol. The Labute approximate surface area is 180 Å². The van der Waals surface area contributed by atoms with Gasteiger partial charge in [-0.3, -0.25) is 0 Å². The number of aliphatic hydroxyl groups is 1. The van der Waals surface area contributed by atoms with Crippen molar-refractivity contribution in [3.63, 3.8) is 0 Å². The van der Waals surface area contributed by atoms with Crippen molar-refractivity contribution in [2.45, 2.75) is 56.6 Å². The van der Waals surface area contributed by atoms with E-state index in [0.717, 1.165) is 40.8 Å². The molecule has 1 aromatic heterocycles. The van der Waals surface area contributed by atoms with E-state index in [-0.39, 0.29) is 29.9 Å². The summed E-state index contributed by atoms with van der Waals surface area (Å²) in [6.45, 7) is 1.19. The lowest BCUT2D eigenvalue weighted by Crippen LogP contribution is -3.00. The summed E-state index contributed by atoms with van der Waals surface area (Å²) in [6, 6.07) is 14.7. The zero-order valence-electron chi connectivity index (χ0n) is 16.5. The number of benzene rings is 1. The van der Waals surface area contributed by atoms with Crippen molar-refractivity contribution in [2.75, 3.05) is 20.6 Å². The van der Waals surface area contributed by atoms with Crippen LogP contribution in [0, 0.1) is 5.92 Å². The van der Waals surface area contributed by atoms with E-state index in [0.29, 0.717) is 6.04 Å². The van der Waals surface area contributed by atoms with E-state index in [1.807, 2.05) is 36.4 Å². The number of nitrogens with zero attached hydrogens (tertiary/aromatic N) is 1. The predicted molar refractivity (Wildman–Crippen MR) is 104 cm³/mol. The molecule has 0 spiro atoms. The topological polar surface area (TPSA) is 33.4 Å². The van der Waals surface area contributed by atoms with Crippen LogP contribution in [0.4, 0.5) is 0 Å². The molecule has 27 heavy (non-hydrogen) atoms. The molecule has 2 fully saturated rings. The molecule has 4 rings (SSSR count). The van der Waals surface area contributed by atoms with Crippen LogP contribution in [0.3, 0.4) is 0 Å². The Morgan fingerprint density at radius 2 is 1.63 bits per heavy atom. The lowest BCUT2D eigenvalue weighted by Gasteiger charge is -2.37. The lowest BCUT2D eigenvalue weighted by atomic mass is 9.72. The van der Waals surface area contributed by atoms with E-state index in [2.05, 4.69) is 20.2 Å². The first-order valence-electron chi connectivity index (χ1n) is 10.2. The molecule has 0 unspecified atom stereocenters. The Bertz CT molecular complexity index is 736. The van der Waals surface area contributed by atoms with Gasteiger partial charge < -0.3 is 38.0 Å². The summed E-state index contributed by atoms with van der Waals surface area (Å²) in [5.41, 5.74) is -0.0525. The number of rotatable bonds is 4. The van der Waals surface area contributed by atoms with Crippen LogP contribution in [0.15, 0.2) is 46.9 Å². The maximum absolute atomic E-state index is 12.0. The van der Waals surface area contributed by atoms with Gasteiger partial charge in [0.2, 0.25) is 0 Å². The summed E-state index contributed by atoms with van der Waals surface area (Å²) in [5, 5.41) is 12.0. The molecule has 1 aromatic carbocycles. The first-order valence-corrected chi connectivity index (χ1v) is 10.2. The summed E-state index contributed by atoms with van der Waals surface area (Å²) in [5.74, 6) is 1.99. The van der Waals surface area contributed by atoms with Crippen molar-refractivity contribution < 1.29 is 38.0 Å². The van der Waals surface area contributed by atoms with Crippen LogP contribution in [0.2, 0.25) is 0 Å². The van der Waals surface area contributed by atoms with Crippen LogP contribution in [-0.4, -0.2) is 30.2 Å². The van der Waals surface area contributed by atoms with Crippen molar-refractivity contribution >= 4 is 0 Å². The third kappa shape index (κ3) is 3.85. The molecule has 3 nitrogen and oxygen atoms in total. The first kappa shape index (κ1) is 20.9. The maximum atomic E-state index is 12.0. The Kier molecular flexibility index (Phi) is 6.38. The van der Waals surface area contributed by atoms with Gasteiger partial charge in [-0.05, 0) is 36.5 Å². The zero-order chi connectivity index (χ0) is 18.2. The van der Waals surface area contributed by atoms with E-state index in [9.17, 15) is 5.11 Å². The third-order valence-electron chi connectivity index (χ3n) is 6.80. The summed E-state index contributed by atoms with van der Waals surface area (Å²) in [4.78, 5) is 0. The van der Waals surface area contributed by atoms with Crippen LogP contribution in [0.5, 0.6) is 0 Å². The van der Waals surface area contributed by atoms with Crippen molar-refractivity contribution in [2.24, 2.45) is 5.92 Å². The van der Waals surface area contributed by atoms with Crippen LogP contribution >= 0.6 is 0 Å². The molecule has 2 aliphatic rings. The molecule has 1 saturated heterocycles. The quantitative estimate of drug-likeness (QED) is 0.536. The van der Waals surface area contributed by atoms with Crippen LogP contribution in [0.1, 0.15) is 68.1 Å². The van der Waals surface area contributed by atoms with Crippen LogP contribution in [0.25, 0.3) is 0 Å². The lowest BCUT2D eigenvalue weighted by molar-refractivity contribution is -0.909. The van der Waals surface area contributed by atoms with Gasteiger partial charge in [0.05, 0.1) is 20.6 Å². The minimum absolute atomic E-state index is 0. The van der Waals surface area contributed by atoms with Crippen molar-refractivity contribution in [1.82, 2.24) is 0 Å². The van der Waals surface area contributed by atoms with Crippen molar-refractivity contribution in [3.8, 4) is 0 Å². The van der Waals surface area contributed by atoms with E-state index < -0.39 is 5.60 Å². The van der Waals surface area contributed by atoms with Crippen molar-refractivity contribution in [3.05, 3.63) is 59.5 Å². The number of halogens is 1. The molecule has 1 aliphatic heterocycles. The zero-order valence-corrected chi connectivity index (χ0v) is 18.7. The highest BCUT2D eigenvalue weighted by molar-refractivity contribution is 5.33. The number of likely N-dealkylation sites (tertiary alicyclic amines) is 1. The molecule has 2 heterocycles. The van der Waals surface area contributed by atoms with Crippen LogP contribution in [-0.2, 0) is 5.60 Å². The second-order valence-electron chi connectivity index (χ2n) is 8.83. The minimum Gasteiger partial charge on any atom is -1.00 e. The third-order valence-corrected chi connectivity index (χ3v) is 6.80. The first-order chi connectivity index (χ1) is 12.5. The Morgan fingerprint density at radius 3 is 2.26 bits per heavy atom. The fraction of sp³-hybridized carbons (Fsp3) is 0.565. The van der Waals surface area contributed by atoms with Gasteiger partial charge in [-0.1, -0.05) is 49.6 Å². The molecule has 1 N–H and O–H groups in total. The molecular formula is C23H32INO2. The standard InChI is InChI=1S/C23H32NO2.HI/c1-24(2)17-9-14-20(24)21-15-16-22(26-21)23(25,18-10-5-3-6-11-18)19-12-7-4-8-13-19;/h3,5-6,10-11,15-16,19-20,25H,4,7-9,12-14,17H2,1-2H3;1H/q+1;/p-1/t20-,23-;/m0./s1. The normalized spacial score (nSPS) is 24.9. The second kappa shape index (κ2) is 8.26. The van der Waals surface area contributed by atoms with Crippen LogP contribution < -0.4 is 24.0 Å². The van der Waals surface area contributed by atoms with Gasteiger partial charge in [0.25, 0.3) is 0 Å². The van der Waals surface area contributed by atoms with E-state index in [1.54, 1.807) is 0 Å². The molecule has 2 atom stereocenters. The average Bonchev–Trinajstić information content (AvgIpc) is 3.28. The Hall–Kier alpha value is -0.850. The van der Waals surface area contributed by atoms with E-state index in [1.165, 1.54) is 32.2 Å². The Morgan fingerprint density at radius 1 is 0.926 bits per heavy atom. The second-order valence-corrected chi connectivity index (χ2v) is 8.83. The van der Waals surface area contributed by atoms with Gasteiger partial charge in [-0.2, -0.15) is 0 Å². The summed E-state index contributed by atoms with van der Waals surface area (Å²) in [6.07, 6.45) is 8.18. The molecule has 148 valence electrons. The van der Waals surface area contributed by atoms with E-state index in [4.69, 9.17) is 4.42 Å². The van der Waals surface area contributed by atoms with E-state index >= 15 is 0 Å². The molecule has 2 aromatic rings. The molecule has 0 bridgehead atoms. The predicted octanol–water partition coefficient (Wildman–Crippen LogP) is 2.01. The average molecular weight is 481 g/mol. The molecule has 4 heteroatoms. The fourth-order valence-corrected chi connectivity index (χ4v) is 5.21. The molecule has 1 saturated carbocycles. The molecule has 1 aliphatic carbocycles. The SMILES string of the molecule is C[N+]1(C)CCC[C@H]1c1ccc([C@](O)(c2ccccc2)C2CCCCC2)o1.[I-]. The smallest absolute Gasteiger partial charge is 0.161 e. The largest absolute Gasteiger partial charge is 1.00 e. The minimum atomic E-state index is -1.02. The van der Waals surface area contributed by atoms with Gasteiger partial charge in [-0.25, -0.2) is 0 Å². The van der Waals surface area contributed by atoms with Gasteiger partial charge in [-0.15, -0.1) is 0 Å². The number of furan rings is 1. The van der Waals surface area contributed by atoms with Gasteiger partial charge in [0.15, 0.2) is 5.76 Å². The fourth-order valence-electron chi connectivity index (χ4n) is 5.21. The van der Waals surface area contributed by atoms with Gasteiger partial charge in [0.1, 0.15) is 17.4 Å². The highest BCUT2D eigenvalue weighted by atomic mass is 127. The number of quaternary nitrogens is 1. The van der Waals surface area contributed by atoms with Gasteiger partial charge >= 0.3 is 0 Å². The summed E-state index contributed by atoms with van der Waals surface area (Å²) in [7, 11) is 4.56. The Balaban J connectivity index is 0.00000210. The highest BCUT2D eigenvalue weighted by Crippen LogP contribution is 2.46. The van der Waals surface area contributed by atoms with Crippen molar-refractivity contribution in [1.29, 1.82) is 0 Å². The highest BCUT2D eigenvalue weighted by Gasteiger charge is 2.45. The summed E-state index contributed by atoms with van der Waals surface area (Å²) < 4.78 is 7.38. The number of hydrogen-bond acceptors (Lipinski definition) is 2. The molecule has 0 amide bonds. The molecular weight excluding hydrogens is 449 g/mol. The molecule has 0 radical (unpaired) electrons. The maximum Gasteiger partial charge on any atom is 0.161 e. The van der Waals surface area contributed by atoms with Gasteiger partial charge in [0, 0.05) is 12.8 Å². The summed E-state index contributed by atoms with van der Waals surface area (Å²) >= 11 is 0. The number of hydrogen-bond donors (Lipinski definition) is 1.